The van der Waals surface area contributed by atoms with Gasteiger partial charge in [0.2, 0.25) is 0 Å². The van der Waals surface area contributed by atoms with Crippen LogP contribution in [0.25, 0.3) is 0 Å². The number of benzene rings is 2. The topological polar surface area (TPSA) is 50.3 Å². The van der Waals surface area contributed by atoms with Gasteiger partial charge < -0.3 is 14.3 Å². The van der Waals surface area contributed by atoms with Crippen molar-refractivity contribution in [1.82, 2.24) is 0 Å². The van der Waals surface area contributed by atoms with Gasteiger partial charge in [-0.1, -0.05) is 6.07 Å². The molecule has 0 aliphatic rings. The minimum Gasteiger partial charge on any atom is -0.565 e. The van der Waals surface area contributed by atoms with Crippen LogP contribution in [0.2, 0.25) is 0 Å². The lowest BCUT2D eigenvalue weighted by atomic mass is 10.1. The van der Waals surface area contributed by atoms with Gasteiger partial charge in [-0.15, -0.1) is 0 Å². The molecule has 3 aromatic rings. The molecule has 0 atom stereocenters. The molecule has 0 unspecified atom stereocenters. The summed E-state index contributed by atoms with van der Waals surface area (Å²) in [7, 11) is 7.32. The molecule has 6 nitrogen and oxygen atoms in total. The highest BCUT2D eigenvalue weighted by molar-refractivity contribution is 7.12. The van der Waals surface area contributed by atoms with Crippen LogP contribution in [0.15, 0.2) is 58.2 Å². The van der Waals surface area contributed by atoms with E-state index in [2.05, 4.69) is 41.2 Å². The lowest BCUT2D eigenvalue weighted by Gasteiger charge is -2.21. The van der Waals surface area contributed by atoms with Crippen molar-refractivity contribution in [3.05, 3.63) is 59.1 Å². The van der Waals surface area contributed by atoms with Crippen molar-refractivity contribution in [2.45, 2.75) is 13.5 Å². The largest absolute Gasteiger partial charge is 0.565 e. The number of hydrogen-bond acceptors (Lipinski definition) is 6. The maximum Gasteiger partial charge on any atom is 0.408 e. The van der Waals surface area contributed by atoms with Crippen LogP contribution in [0.3, 0.4) is 0 Å². The van der Waals surface area contributed by atoms with Gasteiger partial charge in [0.05, 0.1) is 19.3 Å². The van der Waals surface area contributed by atoms with E-state index in [1.54, 1.807) is 26.5 Å². The molecule has 0 bridgehead atoms. The van der Waals surface area contributed by atoms with Gasteiger partial charge in [0.25, 0.3) is 0 Å². The maximum absolute atomic E-state index is 5.40. The summed E-state index contributed by atoms with van der Waals surface area (Å²) < 4.78 is 12.7. The van der Waals surface area contributed by atoms with Crippen LogP contribution >= 0.6 is 11.3 Å². The number of methoxy groups -OCH3 is 1. The van der Waals surface area contributed by atoms with Crippen LogP contribution in [0.4, 0.5) is 16.5 Å². The number of hydrogen-bond donors (Lipinski definition) is 0. The highest BCUT2D eigenvalue weighted by Crippen LogP contribution is 2.30. The average molecular weight is 395 g/mol. The Balaban J connectivity index is 1.74. The fourth-order valence-corrected chi connectivity index (χ4v) is 3.53. The summed E-state index contributed by atoms with van der Waals surface area (Å²) in [5.41, 5.74) is 4.22. The zero-order valence-electron chi connectivity index (χ0n) is 16.8. The number of aromatic nitrogens is 1. The Morgan fingerprint density at radius 2 is 1.96 bits per heavy atom. The highest BCUT2D eigenvalue weighted by atomic mass is 32.1. The zero-order chi connectivity index (χ0) is 20.1. The second-order valence-electron chi connectivity index (χ2n) is 6.51. The van der Waals surface area contributed by atoms with Gasteiger partial charge >= 0.3 is 13.2 Å². The van der Waals surface area contributed by atoms with Crippen LogP contribution in [0, 0.1) is 6.92 Å². The summed E-state index contributed by atoms with van der Waals surface area (Å²) in [6, 6.07) is 12.2. The van der Waals surface area contributed by atoms with E-state index in [4.69, 9.17) is 9.39 Å². The monoisotopic (exact) mass is 395 g/mol. The lowest BCUT2D eigenvalue weighted by Crippen LogP contribution is -2.23. The molecule has 8 heteroatoms. The minimum absolute atomic E-state index is 0.735. The molecular weight excluding hydrogens is 371 g/mol. The molecule has 0 aliphatic heterocycles. The molecule has 28 heavy (non-hydrogen) atoms. The zero-order valence-corrected chi connectivity index (χ0v) is 17.7. The summed E-state index contributed by atoms with van der Waals surface area (Å²) >= 11 is 1.56. The molecule has 144 valence electrons. The molecule has 0 radical (unpaired) electrons. The van der Waals surface area contributed by atoms with Crippen LogP contribution < -0.4 is 18.9 Å². The first-order chi connectivity index (χ1) is 13.5. The lowest BCUT2D eigenvalue weighted by molar-refractivity contribution is -0.654. The smallest absolute Gasteiger partial charge is 0.408 e. The standard InChI is InChI=1S/C20H24BN4O2S/c1-14-11-16(6-7-17(14)22-23-20-24(2)9-10-28-20)25(3)13-15-5-8-18(27-21)19(12-15)26-4/h5-12H,13,21H2,1-4H3/q+1. The van der Waals surface area contributed by atoms with Crippen LogP contribution in [-0.2, 0) is 13.6 Å². The molecule has 1 aromatic heterocycles. The van der Waals surface area contributed by atoms with Crippen LogP contribution in [0.1, 0.15) is 11.1 Å². The molecule has 0 N–H and O–H groups in total. The van der Waals surface area contributed by atoms with Gasteiger partial charge in [0.1, 0.15) is 17.6 Å². The van der Waals surface area contributed by atoms with Gasteiger partial charge in [-0.05, 0) is 64.8 Å². The number of ether oxygens (including phenoxy) is 1. The van der Waals surface area contributed by atoms with Crippen molar-refractivity contribution in [3.8, 4) is 11.5 Å². The normalized spacial score (nSPS) is 11.0. The molecule has 0 aliphatic carbocycles. The summed E-state index contributed by atoms with van der Waals surface area (Å²) in [5.74, 6) is 1.47. The predicted molar refractivity (Wildman–Crippen MR) is 115 cm³/mol. The molecular formula is C20H24BN4O2S+. The molecule has 0 amide bonds. The third-order valence-corrected chi connectivity index (χ3v) is 5.33. The second-order valence-corrected chi connectivity index (χ2v) is 7.39. The van der Waals surface area contributed by atoms with E-state index in [0.717, 1.165) is 45.7 Å². The third-order valence-electron chi connectivity index (χ3n) is 4.49. The Morgan fingerprint density at radius 1 is 1.14 bits per heavy atom. The van der Waals surface area contributed by atoms with E-state index in [-0.39, 0.29) is 0 Å². The van der Waals surface area contributed by atoms with Crippen molar-refractivity contribution >= 4 is 35.9 Å². The first kappa shape index (κ1) is 19.9. The fourth-order valence-electron chi connectivity index (χ4n) is 2.85. The molecule has 2 aromatic carbocycles. The van der Waals surface area contributed by atoms with Crippen molar-refractivity contribution in [2.24, 2.45) is 17.3 Å². The average Bonchev–Trinajstić information content (AvgIpc) is 3.11. The Hall–Kier alpha value is -2.87. The summed E-state index contributed by atoms with van der Waals surface area (Å²) in [4.78, 5) is 2.19. The SMILES string of the molecule is BOc1ccc(CN(C)c2ccc(/N=N/c3scc[n+]3C)c(C)c2)cc1OC. The Morgan fingerprint density at radius 3 is 2.61 bits per heavy atom. The van der Waals surface area contributed by atoms with Crippen LogP contribution in [-0.4, -0.2) is 22.2 Å². The Bertz CT molecular complexity index is 990. The van der Waals surface area contributed by atoms with Gasteiger partial charge in [0.15, 0.2) is 5.75 Å². The van der Waals surface area contributed by atoms with E-state index in [1.165, 1.54) is 0 Å². The molecule has 3 rings (SSSR count). The van der Waals surface area contributed by atoms with E-state index in [9.17, 15) is 0 Å². The molecule has 0 saturated heterocycles. The maximum atomic E-state index is 5.40. The van der Waals surface area contributed by atoms with Crippen LogP contribution in [0.5, 0.6) is 11.5 Å². The van der Waals surface area contributed by atoms with E-state index in [0.29, 0.717) is 0 Å². The minimum atomic E-state index is 0.735. The highest BCUT2D eigenvalue weighted by Gasteiger charge is 2.11. The molecule has 0 fully saturated rings. The second kappa shape index (κ2) is 8.88. The van der Waals surface area contributed by atoms with Gasteiger partial charge in [-0.25, -0.2) is 4.57 Å². The number of rotatable bonds is 7. The molecule has 0 saturated carbocycles. The van der Waals surface area contributed by atoms with Crippen molar-refractivity contribution in [2.75, 3.05) is 19.1 Å². The number of anilines is 1. The number of aryl methyl sites for hydroxylation is 2. The Labute approximate surface area is 170 Å². The van der Waals surface area contributed by atoms with Gasteiger partial charge in [-0.2, -0.15) is 0 Å². The third kappa shape index (κ3) is 4.51. The first-order valence-corrected chi connectivity index (χ1v) is 9.77. The van der Waals surface area contributed by atoms with Crippen molar-refractivity contribution < 1.29 is 14.0 Å². The van der Waals surface area contributed by atoms with Gasteiger partial charge in [0, 0.05) is 24.7 Å². The summed E-state index contributed by atoms with van der Waals surface area (Å²) in [6.45, 7) is 2.81. The summed E-state index contributed by atoms with van der Waals surface area (Å²) in [6.07, 6.45) is 1.97. The fraction of sp³-hybridized carbons (Fsp3) is 0.250. The van der Waals surface area contributed by atoms with Crippen molar-refractivity contribution in [1.29, 1.82) is 0 Å². The quantitative estimate of drug-likeness (QED) is 0.347. The molecule has 0 spiro atoms. The number of nitrogens with zero attached hydrogens (tertiary/aromatic N) is 4. The van der Waals surface area contributed by atoms with E-state index in [1.807, 2.05) is 47.5 Å². The predicted octanol–water partition coefficient (Wildman–Crippen LogP) is 3.87. The first-order valence-electron chi connectivity index (χ1n) is 8.89. The van der Waals surface area contributed by atoms with E-state index >= 15 is 0 Å². The number of thiazole rings is 1. The number of azo groups is 1. The summed E-state index contributed by atoms with van der Waals surface area (Å²) in [5, 5.41) is 11.6. The van der Waals surface area contributed by atoms with Crippen molar-refractivity contribution in [3.63, 3.8) is 0 Å². The molecule has 1 heterocycles. The Kier molecular flexibility index (Phi) is 6.31. The van der Waals surface area contributed by atoms with E-state index < -0.39 is 0 Å². The van der Waals surface area contributed by atoms with Gasteiger partial charge in [-0.3, -0.25) is 0 Å².